The van der Waals surface area contributed by atoms with Gasteiger partial charge in [0.2, 0.25) is 5.95 Å². The maximum atomic E-state index is 6.31. The molecule has 5 heteroatoms. The Labute approximate surface area is 143 Å². The molecule has 2 aromatic carbocycles. The topological polar surface area (TPSA) is 30.7 Å². The number of nitrogens with zero attached hydrogens (tertiary/aromatic N) is 3. The van der Waals surface area contributed by atoms with Crippen molar-refractivity contribution in [2.45, 2.75) is 9.92 Å². The van der Waals surface area contributed by atoms with Gasteiger partial charge in [-0.3, -0.25) is 4.57 Å². The van der Waals surface area contributed by atoms with Crippen molar-refractivity contribution in [3.63, 3.8) is 0 Å². The molecule has 3 nitrogen and oxygen atoms in total. The number of fused-ring (bicyclic) bond motifs is 1. The Hall–Kier alpha value is -2.30. The van der Waals surface area contributed by atoms with Crippen molar-refractivity contribution in [1.29, 1.82) is 0 Å². The van der Waals surface area contributed by atoms with Crippen molar-refractivity contribution < 1.29 is 0 Å². The maximum absolute atomic E-state index is 6.31. The van der Waals surface area contributed by atoms with Crippen LogP contribution in [-0.2, 0) is 0 Å². The SMILES string of the molecule is Clc1ccccc1Sc1cc2ccccc2n1-c1ncccn1. The van der Waals surface area contributed by atoms with Gasteiger partial charge in [-0.05, 0) is 30.3 Å². The molecule has 0 saturated heterocycles. The summed E-state index contributed by atoms with van der Waals surface area (Å²) >= 11 is 7.92. The lowest BCUT2D eigenvalue weighted by molar-refractivity contribution is 0.887. The van der Waals surface area contributed by atoms with Gasteiger partial charge in [0.15, 0.2) is 0 Å². The molecule has 0 atom stereocenters. The van der Waals surface area contributed by atoms with Crippen LogP contribution >= 0.6 is 23.4 Å². The molecule has 23 heavy (non-hydrogen) atoms. The summed E-state index contributed by atoms with van der Waals surface area (Å²) in [7, 11) is 0. The average molecular weight is 338 g/mol. The van der Waals surface area contributed by atoms with Crippen molar-refractivity contribution in [2.75, 3.05) is 0 Å². The van der Waals surface area contributed by atoms with E-state index in [-0.39, 0.29) is 0 Å². The van der Waals surface area contributed by atoms with Gasteiger partial charge in [0, 0.05) is 22.7 Å². The van der Waals surface area contributed by atoms with E-state index in [9.17, 15) is 0 Å². The summed E-state index contributed by atoms with van der Waals surface area (Å²) in [6.07, 6.45) is 3.50. The second kappa shape index (κ2) is 6.07. The van der Waals surface area contributed by atoms with E-state index in [0.717, 1.165) is 25.8 Å². The van der Waals surface area contributed by atoms with Gasteiger partial charge in [-0.2, -0.15) is 0 Å². The zero-order chi connectivity index (χ0) is 15.6. The van der Waals surface area contributed by atoms with Crippen LogP contribution in [0.4, 0.5) is 0 Å². The minimum Gasteiger partial charge on any atom is -0.272 e. The Morgan fingerprint density at radius 3 is 2.43 bits per heavy atom. The molecule has 0 aliphatic heterocycles. The molecule has 0 amide bonds. The van der Waals surface area contributed by atoms with Crippen molar-refractivity contribution >= 4 is 34.3 Å². The largest absolute Gasteiger partial charge is 0.272 e. The summed E-state index contributed by atoms with van der Waals surface area (Å²) in [5.41, 5.74) is 1.08. The first-order valence-electron chi connectivity index (χ1n) is 7.13. The van der Waals surface area contributed by atoms with Crippen molar-refractivity contribution in [1.82, 2.24) is 14.5 Å². The number of para-hydroxylation sites is 1. The lowest BCUT2D eigenvalue weighted by Gasteiger charge is -2.09. The van der Waals surface area contributed by atoms with Gasteiger partial charge >= 0.3 is 0 Å². The fourth-order valence-corrected chi connectivity index (χ4v) is 3.70. The lowest BCUT2D eigenvalue weighted by Crippen LogP contribution is -2.01. The summed E-state index contributed by atoms with van der Waals surface area (Å²) in [6, 6.07) is 20.0. The Morgan fingerprint density at radius 1 is 0.870 bits per heavy atom. The molecule has 4 rings (SSSR count). The summed E-state index contributed by atoms with van der Waals surface area (Å²) < 4.78 is 2.06. The van der Waals surface area contributed by atoms with Gasteiger partial charge in [0.25, 0.3) is 0 Å². The van der Waals surface area contributed by atoms with Crippen LogP contribution in [0, 0.1) is 0 Å². The Morgan fingerprint density at radius 2 is 1.61 bits per heavy atom. The van der Waals surface area contributed by atoms with E-state index < -0.39 is 0 Å². The van der Waals surface area contributed by atoms with Crippen LogP contribution in [0.15, 0.2) is 83.0 Å². The summed E-state index contributed by atoms with van der Waals surface area (Å²) in [5.74, 6) is 0.656. The zero-order valence-electron chi connectivity index (χ0n) is 12.1. The molecule has 0 spiro atoms. The van der Waals surface area contributed by atoms with Crippen LogP contribution in [0.1, 0.15) is 0 Å². The highest BCUT2D eigenvalue weighted by atomic mass is 35.5. The van der Waals surface area contributed by atoms with Gasteiger partial charge < -0.3 is 0 Å². The summed E-state index contributed by atoms with van der Waals surface area (Å²) in [6.45, 7) is 0. The van der Waals surface area contributed by atoms with Crippen molar-refractivity contribution in [2.24, 2.45) is 0 Å². The number of hydrogen-bond donors (Lipinski definition) is 0. The molecule has 0 aliphatic rings. The molecule has 0 N–H and O–H groups in total. The van der Waals surface area contributed by atoms with E-state index in [2.05, 4.69) is 32.7 Å². The Kier molecular flexibility index (Phi) is 3.77. The highest BCUT2D eigenvalue weighted by Crippen LogP contribution is 2.37. The first-order valence-corrected chi connectivity index (χ1v) is 8.32. The third-order valence-electron chi connectivity index (χ3n) is 3.48. The molecular formula is C18H12ClN3S. The molecule has 0 bridgehead atoms. The lowest BCUT2D eigenvalue weighted by atomic mass is 10.2. The zero-order valence-corrected chi connectivity index (χ0v) is 13.6. The Balaban J connectivity index is 1.91. The van der Waals surface area contributed by atoms with Crippen molar-refractivity contribution in [3.05, 3.63) is 78.1 Å². The van der Waals surface area contributed by atoms with Crippen LogP contribution in [0.5, 0.6) is 0 Å². The molecule has 0 unspecified atom stereocenters. The highest BCUT2D eigenvalue weighted by molar-refractivity contribution is 7.99. The first-order chi connectivity index (χ1) is 11.3. The predicted molar refractivity (Wildman–Crippen MR) is 94.4 cm³/mol. The van der Waals surface area contributed by atoms with E-state index in [1.807, 2.05) is 42.5 Å². The monoisotopic (exact) mass is 337 g/mol. The molecular weight excluding hydrogens is 326 g/mol. The number of halogens is 1. The summed E-state index contributed by atoms with van der Waals surface area (Å²) in [4.78, 5) is 9.81. The molecule has 0 saturated carbocycles. The van der Waals surface area contributed by atoms with E-state index in [1.54, 1.807) is 24.2 Å². The van der Waals surface area contributed by atoms with Crippen molar-refractivity contribution in [3.8, 4) is 5.95 Å². The second-order valence-electron chi connectivity index (χ2n) is 4.96. The fraction of sp³-hybridized carbons (Fsp3) is 0. The minimum atomic E-state index is 0.656. The second-order valence-corrected chi connectivity index (χ2v) is 6.43. The normalized spacial score (nSPS) is 11.0. The van der Waals surface area contributed by atoms with Gasteiger partial charge in [-0.1, -0.05) is 53.7 Å². The standard InChI is InChI=1S/C18H12ClN3S/c19-14-7-2-4-9-16(14)23-17-12-13-6-1-3-8-15(13)22(17)18-20-10-5-11-21-18/h1-12H. The third kappa shape index (κ3) is 2.71. The van der Waals surface area contributed by atoms with Gasteiger partial charge in [0.1, 0.15) is 0 Å². The van der Waals surface area contributed by atoms with E-state index in [0.29, 0.717) is 5.95 Å². The molecule has 2 aromatic heterocycles. The number of hydrogen-bond acceptors (Lipinski definition) is 3. The van der Waals surface area contributed by atoms with Gasteiger partial charge in [-0.15, -0.1) is 0 Å². The quantitative estimate of drug-likeness (QED) is 0.513. The molecule has 0 fully saturated rings. The number of rotatable bonds is 3. The first kappa shape index (κ1) is 14.3. The van der Waals surface area contributed by atoms with Gasteiger partial charge in [0.05, 0.1) is 15.6 Å². The molecule has 2 heterocycles. The van der Waals surface area contributed by atoms with E-state index >= 15 is 0 Å². The number of benzene rings is 2. The van der Waals surface area contributed by atoms with Crippen LogP contribution in [-0.4, -0.2) is 14.5 Å². The molecule has 4 aromatic rings. The van der Waals surface area contributed by atoms with Crippen LogP contribution in [0.2, 0.25) is 5.02 Å². The average Bonchev–Trinajstić information content (AvgIpc) is 2.95. The fourth-order valence-electron chi connectivity index (χ4n) is 2.46. The van der Waals surface area contributed by atoms with Gasteiger partial charge in [-0.25, -0.2) is 9.97 Å². The molecule has 112 valence electrons. The van der Waals surface area contributed by atoms with E-state index in [1.165, 1.54) is 0 Å². The summed E-state index contributed by atoms with van der Waals surface area (Å²) in [5, 5.41) is 2.92. The third-order valence-corrected chi connectivity index (χ3v) is 5.01. The van der Waals surface area contributed by atoms with E-state index in [4.69, 9.17) is 11.6 Å². The molecule has 0 radical (unpaired) electrons. The van der Waals surface area contributed by atoms with Crippen LogP contribution in [0.25, 0.3) is 16.9 Å². The van der Waals surface area contributed by atoms with Crippen LogP contribution in [0.3, 0.4) is 0 Å². The number of aromatic nitrogens is 3. The maximum Gasteiger partial charge on any atom is 0.234 e. The van der Waals surface area contributed by atoms with Crippen LogP contribution < -0.4 is 0 Å². The highest BCUT2D eigenvalue weighted by Gasteiger charge is 2.14. The predicted octanol–water partition coefficient (Wildman–Crippen LogP) is 5.23. The Bertz CT molecular complexity index is 966. The smallest absolute Gasteiger partial charge is 0.234 e. The molecule has 0 aliphatic carbocycles. The minimum absolute atomic E-state index is 0.656.